The molecule has 2 rings (SSSR count). The Morgan fingerprint density at radius 3 is 2.12 bits per heavy atom. The van der Waals surface area contributed by atoms with Gasteiger partial charge in [-0.1, -0.05) is 6.07 Å². The van der Waals surface area contributed by atoms with Gasteiger partial charge in [0.05, 0.1) is 13.2 Å². The average Bonchev–Trinajstić information content (AvgIpc) is 2.53. The highest BCUT2D eigenvalue weighted by molar-refractivity contribution is 6.27. The Morgan fingerprint density at radius 1 is 1.12 bits per heavy atom. The van der Waals surface area contributed by atoms with Gasteiger partial charge in [0.15, 0.2) is 0 Å². The van der Waals surface area contributed by atoms with Crippen LogP contribution < -0.4 is 4.74 Å². The van der Waals surface area contributed by atoms with E-state index in [2.05, 4.69) is 30.9 Å². The summed E-state index contributed by atoms with van der Waals surface area (Å²) in [5, 5.41) is 24.3. The summed E-state index contributed by atoms with van der Waals surface area (Å²) in [6.07, 6.45) is 1.70. The summed E-state index contributed by atoms with van der Waals surface area (Å²) in [7, 11) is 1.72. The van der Waals surface area contributed by atoms with Gasteiger partial charge < -0.3 is 20.1 Å². The molecule has 1 heterocycles. The summed E-state index contributed by atoms with van der Waals surface area (Å²) >= 11 is 0. The van der Waals surface area contributed by atoms with Gasteiger partial charge >= 0.3 is 11.9 Å². The summed E-state index contributed by atoms with van der Waals surface area (Å²) in [6.45, 7) is 7.18. The van der Waals surface area contributed by atoms with Crippen LogP contribution in [0.5, 0.6) is 5.75 Å². The van der Waals surface area contributed by atoms with Crippen molar-refractivity contribution in [2.75, 3.05) is 20.2 Å². The molecule has 1 saturated heterocycles. The van der Waals surface area contributed by atoms with Gasteiger partial charge in [-0.15, -0.1) is 0 Å². The molecule has 0 bridgehead atoms. The van der Waals surface area contributed by atoms with E-state index in [1.807, 2.05) is 0 Å². The normalized spacial score (nSPS) is 15.3. The van der Waals surface area contributed by atoms with Gasteiger partial charge in [-0.2, -0.15) is 0 Å². The molecule has 0 aromatic heterocycles. The first-order valence-corrected chi connectivity index (χ1v) is 7.75. The zero-order chi connectivity index (χ0) is 18.3. The van der Waals surface area contributed by atoms with Crippen LogP contribution in [0.3, 0.4) is 0 Å². The number of carbonyl (C=O) groups is 2. The molecule has 24 heavy (non-hydrogen) atoms. The minimum Gasteiger partial charge on any atom is -0.496 e. The van der Waals surface area contributed by atoms with Crippen LogP contribution in [0.2, 0.25) is 0 Å². The van der Waals surface area contributed by atoms with Crippen LogP contribution in [0.4, 0.5) is 0 Å². The topological polar surface area (TPSA) is 107 Å². The molecule has 1 fully saturated rings. The van der Waals surface area contributed by atoms with E-state index in [1.165, 1.54) is 16.7 Å². The number of carboxylic acids is 2. The van der Waals surface area contributed by atoms with Crippen molar-refractivity contribution in [1.82, 2.24) is 4.90 Å². The third-order valence-electron chi connectivity index (χ3n) is 3.99. The number of methoxy groups -OCH3 is 1. The monoisotopic (exact) mass is 339 g/mol. The Balaban J connectivity index is 0.000000413. The highest BCUT2D eigenvalue weighted by Gasteiger charge is 2.17. The maximum absolute atomic E-state index is 9.52. The van der Waals surface area contributed by atoms with E-state index in [0.717, 1.165) is 38.2 Å². The molecule has 0 radical (unpaired) electrons. The minimum absolute atomic E-state index is 0.0973. The lowest BCUT2D eigenvalue weighted by Gasteiger charge is -2.30. The molecule has 134 valence electrons. The van der Waals surface area contributed by atoms with Crippen molar-refractivity contribution in [3.63, 3.8) is 0 Å². The molecule has 0 unspecified atom stereocenters. The first-order valence-electron chi connectivity index (χ1n) is 7.75. The maximum Gasteiger partial charge on any atom is 0.414 e. The number of likely N-dealkylation sites (tertiary alicyclic amines) is 1. The van der Waals surface area contributed by atoms with E-state index in [9.17, 15) is 5.11 Å². The number of hydrogen-bond acceptors (Lipinski definition) is 5. The fraction of sp³-hybridized carbons (Fsp3) is 0.529. The summed E-state index contributed by atoms with van der Waals surface area (Å²) in [4.78, 5) is 20.6. The fourth-order valence-corrected chi connectivity index (χ4v) is 2.56. The van der Waals surface area contributed by atoms with Gasteiger partial charge in [-0.05, 0) is 49.4 Å². The van der Waals surface area contributed by atoms with E-state index in [0.29, 0.717) is 0 Å². The predicted octanol–water partition coefficient (Wildman–Crippen LogP) is 1.42. The number of nitrogens with zero attached hydrogens (tertiary/aromatic N) is 1. The SMILES string of the molecule is COc1cc(C)c(CN2CCC(O)CC2)cc1C.O=C(O)C(=O)O. The van der Waals surface area contributed by atoms with Crippen LogP contribution in [0.25, 0.3) is 0 Å². The number of aliphatic hydroxyl groups excluding tert-OH is 1. The Hall–Kier alpha value is -2.12. The maximum atomic E-state index is 9.52. The Labute approximate surface area is 141 Å². The molecule has 1 aliphatic heterocycles. The lowest BCUT2D eigenvalue weighted by atomic mass is 10.0. The number of aliphatic carboxylic acids is 2. The minimum atomic E-state index is -1.82. The molecule has 7 heteroatoms. The van der Waals surface area contributed by atoms with Crippen LogP contribution >= 0.6 is 0 Å². The molecular weight excluding hydrogens is 314 g/mol. The molecule has 1 aliphatic rings. The Morgan fingerprint density at radius 2 is 1.67 bits per heavy atom. The second-order valence-electron chi connectivity index (χ2n) is 5.87. The van der Waals surface area contributed by atoms with Crippen molar-refractivity contribution in [3.05, 3.63) is 28.8 Å². The third kappa shape index (κ3) is 6.17. The van der Waals surface area contributed by atoms with E-state index in [4.69, 9.17) is 24.5 Å². The molecule has 0 saturated carbocycles. The molecule has 1 aromatic rings. The van der Waals surface area contributed by atoms with Crippen LogP contribution in [-0.4, -0.2) is 58.5 Å². The Kier molecular flexibility index (Phi) is 7.67. The third-order valence-corrected chi connectivity index (χ3v) is 3.99. The van der Waals surface area contributed by atoms with Crippen molar-refractivity contribution >= 4 is 11.9 Å². The number of hydrogen-bond donors (Lipinski definition) is 3. The van der Waals surface area contributed by atoms with Crippen LogP contribution in [0.15, 0.2) is 12.1 Å². The van der Waals surface area contributed by atoms with Crippen molar-refractivity contribution < 1.29 is 29.6 Å². The van der Waals surface area contributed by atoms with Gasteiger partial charge in [-0.25, -0.2) is 9.59 Å². The van der Waals surface area contributed by atoms with Crippen LogP contribution in [0.1, 0.15) is 29.5 Å². The summed E-state index contributed by atoms with van der Waals surface area (Å²) in [6, 6.07) is 4.34. The van der Waals surface area contributed by atoms with Crippen molar-refractivity contribution in [1.29, 1.82) is 0 Å². The number of aliphatic hydroxyl groups is 1. The highest BCUT2D eigenvalue weighted by atomic mass is 16.5. The first kappa shape index (κ1) is 19.9. The molecule has 0 spiro atoms. The molecule has 7 nitrogen and oxygen atoms in total. The van der Waals surface area contributed by atoms with Crippen molar-refractivity contribution in [2.24, 2.45) is 0 Å². The average molecular weight is 339 g/mol. The van der Waals surface area contributed by atoms with Gasteiger partial charge in [0.2, 0.25) is 0 Å². The predicted molar refractivity (Wildman–Crippen MR) is 88.3 cm³/mol. The molecular formula is C17H25NO6. The van der Waals surface area contributed by atoms with Gasteiger partial charge in [0, 0.05) is 19.6 Å². The molecule has 0 aliphatic carbocycles. The second kappa shape index (κ2) is 9.24. The smallest absolute Gasteiger partial charge is 0.414 e. The molecule has 0 atom stereocenters. The molecule has 1 aromatic carbocycles. The lowest BCUT2D eigenvalue weighted by molar-refractivity contribution is -0.159. The van der Waals surface area contributed by atoms with Crippen molar-refractivity contribution in [2.45, 2.75) is 39.3 Å². The summed E-state index contributed by atoms with van der Waals surface area (Å²) in [5.41, 5.74) is 3.84. The largest absolute Gasteiger partial charge is 0.496 e. The van der Waals surface area contributed by atoms with Gasteiger partial charge in [-0.3, -0.25) is 4.90 Å². The number of rotatable bonds is 3. The number of carboxylic acid groups (broad SMARTS) is 2. The number of ether oxygens (including phenoxy) is 1. The standard InChI is InChI=1S/C15H23NO2.C2H2O4/c1-11-9-15(18-3)12(2)8-13(11)10-16-6-4-14(17)5-7-16;3-1(4)2(5)6/h8-9,14,17H,4-7,10H2,1-3H3;(H,3,4)(H,5,6). The zero-order valence-corrected chi connectivity index (χ0v) is 14.3. The van der Waals surface area contributed by atoms with Crippen LogP contribution in [0, 0.1) is 13.8 Å². The van der Waals surface area contributed by atoms with Crippen LogP contribution in [-0.2, 0) is 16.1 Å². The number of aryl methyl sites for hydroxylation is 2. The van der Waals surface area contributed by atoms with E-state index < -0.39 is 11.9 Å². The lowest BCUT2D eigenvalue weighted by Crippen LogP contribution is -2.35. The zero-order valence-electron chi connectivity index (χ0n) is 14.3. The fourth-order valence-electron chi connectivity index (χ4n) is 2.56. The Bertz CT molecular complexity index is 567. The van der Waals surface area contributed by atoms with E-state index in [-0.39, 0.29) is 6.10 Å². The van der Waals surface area contributed by atoms with Crippen molar-refractivity contribution in [3.8, 4) is 5.75 Å². The molecule has 0 amide bonds. The van der Waals surface area contributed by atoms with E-state index in [1.54, 1.807) is 7.11 Å². The second-order valence-corrected chi connectivity index (χ2v) is 5.87. The molecule has 3 N–H and O–H groups in total. The first-order chi connectivity index (χ1) is 11.2. The number of piperidine rings is 1. The summed E-state index contributed by atoms with van der Waals surface area (Å²) in [5.74, 6) is -2.68. The number of benzene rings is 1. The quantitative estimate of drug-likeness (QED) is 0.715. The summed E-state index contributed by atoms with van der Waals surface area (Å²) < 4.78 is 5.34. The van der Waals surface area contributed by atoms with Gasteiger partial charge in [0.25, 0.3) is 0 Å². The van der Waals surface area contributed by atoms with E-state index >= 15 is 0 Å². The highest BCUT2D eigenvalue weighted by Crippen LogP contribution is 2.24. The van der Waals surface area contributed by atoms with Gasteiger partial charge in [0.1, 0.15) is 5.75 Å².